The fraction of sp³-hybridized carbons (Fsp3) is 0.500. The van der Waals surface area contributed by atoms with Crippen molar-refractivity contribution < 1.29 is 5.11 Å². The van der Waals surface area contributed by atoms with Gasteiger partial charge in [0.1, 0.15) is 5.75 Å². The Bertz CT molecular complexity index is 756. The Morgan fingerprint density at radius 1 is 1.04 bits per heavy atom. The van der Waals surface area contributed by atoms with Crippen LogP contribution in [0.1, 0.15) is 82.6 Å². The van der Waals surface area contributed by atoms with Crippen LogP contribution in [0.4, 0.5) is 0 Å². The fourth-order valence-corrected chi connectivity index (χ4v) is 3.70. The summed E-state index contributed by atoms with van der Waals surface area (Å²) in [5.41, 5.74) is 7.08. The maximum Gasteiger partial charge on any atom is 0.127 e. The van der Waals surface area contributed by atoms with Gasteiger partial charge in [-0.2, -0.15) is 0 Å². The van der Waals surface area contributed by atoms with Gasteiger partial charge < -0.3 is 5.11 Å². The fourth-order valence-electron chi connectivity index (χ4n) is 3.28. The van der Waals surface area contributed by atoms with Crippen molar-refractivity contribution in [3.05, 3.63) is 52.6 Å². The number of hydrogen-bond acceptors (Lipinski definition) is 1. The first kappa shape index (κ1) is 21.0. The highest BCUT2D eigenvalue weighted by atomic mass is 79.9. The molecule has 0 amide bonds. The van der Waals surface area contributed by atoms with E-state index in [1.165, 1.54) is 16.7 Å². The predicted molar refractivity (Wildman–Crippen MR) is 118 cm³/mol. The zero-order valence-electron chi connectivity index (χ0n) is 17.1. The molecule has 1 atom stereocenters. The van der Waals surface area contributed by atoms with Crippen molar-refractivity contribution in [3.63, 3.8) is 0 Å². The molecule has 0 aliphatic carbocycles. The van der Waals surface area contributed by atoms with Crippen molar-refractivity contribution in [2.24, 2.45) is 0 Å². The summed E-state index contributed by atoms with van der Waals surface area (Å²) in [4.78, 5) is 0. The number of rotatable bonds is 6. The molecule has 2 aromatic carbocycles. The average molecular weight is 417 g/mol. The minimum absolute atomic E-state index is 0.0416. The highest BCUT2D eigenvalue weighted by molar-refractivity contribution is 9.08. The predicted octanol–water partition coefficient (Wildman–Crippen LogP) is 7.72. The van der Waals surface area contributed by atoms with Gasteiger partial charge in [0.15, 0.2) is 0 Å². The largest absolute Gasteiger partial charge is 0.507 e. The second-order valence-corrected chi connectivity index (χ2v) is 9.00. The zero-order valence-corrected chi connectivity index (χ0v) is 18.7. The number of halogens is 1. The van der Waals surface area contributed by atoms with Gasteiger partial charge >= 0.3 is 0 Å². The van der Waals surface area contributed by atoms with Crippen LogP contribution in [0, 0.1) is 0 Å². The third-order valence-corrected chi connectivity index (χ3v) is 5.85. The van der Waals surface area contributed by atoms with Crippen molar-refractivity contribution in [2.45, 2.75) is 77.5 Å². The lowest BCUT2D eigenvalue weighted by Crippen LogP contribution is -2.11. The van der Waals surface area contributed by atoms with Crippen molar-refractivity contribution in [2.75, 3.05) is 0 Å². The molecule has 0 saturated heterocycles. The summed E-state index contributed by atoms with van der Waals surface area (Å²) in [5, 5.41) is 11.6. The van der Waals surface area contributed by atoms with E-state index in [0.29, 0.717) is 17.0 Å². The molecule has 1 unspecified atom stereocenters. The van der Waals surface area contributed by atoms with Crippen LogP contribution in [-0.4, -0.2) is 5.11 Å². The van der Waals surface area contributed by atoms with E-state index in [0.717, 1.165) is 36.0 Å². The standard InChI is InChI=1S/C24H33BrO/c1-7-9-17-10-18(16(3)8-2)12-19(11-17)22-14-21(24(4,5)6)13-20(15-25)23(22)26/h10-14,16,26H,7-9,15H2,1-6H3. The molecule has 0 bridgehead atoms. The lowest BCUT2D eigenvalue weighted by Gasteiger charge is -2.23. The van der Waals surface area contributed by atoms with E-state index in [4.69, 9.17) is 0 Å². The molecule has 0 fully saturated rings. The summed E-state index contributed by atoms with van der Waals surface area (Å²) in [6.45, 7) is 13.4. The van der Waals surface area contributed by atoms with Gasteiger partial charge in [-0.05, 0) is 52.5 Å². The number of phenols is 1. The Labute approximate surface area is 168 Å². The van der Waals surface area contributed by atoms with E-state index in [1.807, 2.05) is 0 Å². The van der Waals surface area contributed by atoms with Crippen LogP contribution in [0.5, 0.6) is 5.75 Å². The van der Waals surface area contributed by atoms with Crippen molar-refractivity contribution in [3.8, 4) is 16.9 Å². The molecule has 2 rings (SSSR count). The second-order valence-electron chi connectivity index (χ2n) is 8.44. The van der Waals surface area contributed by atoms with Gasteiger partial charge in [0.25, 0.3) is 0 Å². The summed E-state index contributed by atoms with van der Waals surface area (Å²) < 4.78 is 0. The first-order valence-electron chi connectivity index (χ1n) is 9.77. The van der Waals surface area contributed by atoms with Gasteiger partial charge in [-0.1, -0.05) is 88.2 Å². The molecule has 1 N–H and O–H groups in total. The molecule has 1 nitrogen and oxygen atoms in total. The molecule has 0 aliphatic rings. The van der Waals surface area contributed by atoms with Gasteiger partial charge in [-0.25, -0.2) is 0 Å². The zero-order chi connectivity index (χ0) is 19.5. The molecule has 142 valence electrons. The Hall–Kier alpha value is -1.28. The smallest absolute Gasteiger partial charge is 0.127 e. The van der Waals surface area contributed by atoms with Gasteiger partial charge in [0, 0.05) is 16.5 Å². The summed E-state index contributed by atoms with van der Waals surface area (Å²) in [5.74, 6) is 0.924. The summed E-state index contributed by atoms with van der Waals surface area (Å²) in [6, 6.07) is 11.2. The van der Waals surface area contributed by atoms with Crippen LogP contribution < -0.4 is 0 Å². The molecule has 0 aromatic heterocycles. The van der Waals surface area contributed by atoms with Crippen LogP contribution in [0.25, 0.3) is 11.1 Å². The molecule has 2 aromatic rings. The number of aromatic hydroxyl groups is 1. The van der Waals surface area contributed by atoms with Crippen molar-refractivity contribution in [1.29, 1.82) is 0 Å². The SMILES string of the molecule is CCCc1cc(-c2cc(C(C)(C)C)cc(CBr)c2O)cc(C(C)CC)c1. The van der Waals surface area contributed by atoms with E-state index in [-0.39, 0.29) is 5.41 Å². The second kappa shape index (κ2) is 8.61. The first-order valence-corrected chi connectivity index (χ1v) is 10.9. The minimum Gasteiger partial charge on any atom is -0.507 e. The van der Waals surface area contributed by atoms with Crippen LogP contribution in [-0.2, 0) is 17.2 Å². The van der Waals surface area contributed by atoms with Crippen molar-refractivity contribution in [1.82, 2.24) is 0 Å². The van der Waals surface area contributed by atoms with Crippen molar-refractivity contribution >= 4 is 15.9 Å². The summed E-state index contributed by atoms with van der Waals surface area (Å²) in [7, 11) is 0. The van der Waals surface area contributed by atoms with E-state index >= 15 is 0 Å². The Morgan fingerprint density at radius 2 is 1.73 bits per heavy atom. The molecular weight excluding hydrogens is 384 g/mol. The number of benzene rings is 2. The number of alkyl halides is 1. The highest BCUT2D eigenvalue weighted by Crippen LogP contribution is 2.39. The topological polar surface area (TPSA) is 20.2 Å². The molecule has 0 radical (unpaired) electrons. The van der Waals surface area contributed by atoms with E-state index in [9.17, 15) is 5.11 Å². The molecule has 0 saturated carbocycles. The summed E-state index contributed by atoms with van der Waals surface area (Å²) in [6.07, 6.45) is 3.32. The number of phenolic OH excluding ortho intramolecular Hbond substituents is 1. The lowest BCUT2D eigenvalue weighted by atomic mass is 9.83. The molecule has 0 heterocycles. The van der Waals surface area contributed by atoms with Crippen LogP contribution in [0.3, 0.4) is 0 Å². The summed E-state index contributed by atoms with van der Waals surface area (Å²) >= 11 is 3.54. The van der Waals surface area contributed by atoms with E-state index < -0.39 is 0 Å². The Balaban J connectivity index is 2.71. The van der Waals surface area contributed by atoms with Crippen LogP contribution >= 0.6 is 15.9 Å². The third kappa shape index (κ3) is 4.71. The van der Waals surface area contributed by atoms with E-state index in [2.05, 4.69) is 87.8 Å². The minimum atomic E-state index is 0.0416. The molecule has 0 spiro atoms. The van der Waals surface area contributed by atoms with Gasteiger partial charge in [-0.3, -0.25) is 0 Å². The van der Waals surface area contributed by atoms with Gasteiger partial charge in [0.2, 0.25) is 0 Å². The molecule has 2 heteroatoms. The monoisotopic (exact) mass is 416 g/mol. The van der Waals surface area contributed by atoms with Crippen LogP contribution in [0.2, 0.25) is 0 Å². The number of hydrogen-bond donors (Lipinski definition) is 1. The molecule has 0 aliphatic heterocycles. The lowest BCUT2D eigenvalue weighted by molar-refractivity contribution is 0.471. The average Bonchev–Trinajstić information content (AvgIpc) is 2.60. The molecular formula is C24H33BrO. The third-order valence-electron chi connectivity index (χ3n) is 5.25. The van der Waals surface area contributed by atoms with Gasteiger partial charge in [0.05, 0.1) is 0 Å². The normalized spacial score (nSPS) is 13.0. The van der Waals surface area contributed by atoms with Gasteiger partial charge in [-0.15, -0.1) is 0 Å². The Kier molecular flexibility index (Phi) is 6.96. The maximum absolute atomic E-state index is 10.9. The highest BCUT2D eigenvalue weighted by Gasteiger charge is 2.20. The number of aryl methyl sites for hydroxylation is 1. The van der Waals surface area contributed by atoms with E-state index in [1.54, 1.807) is 0 Å². The quantitative estimate of drug-likeness (QED) is 0.477. The molecule has 26 heavy (non-hydrogen) atoms. The first-order chi connectivity index (χ1) is 12.2. The maximum atomic E-state index is 10.9. The van der Waals surface area contributed by atoms with Crippen LogP contribution in [0.15, 0.2) is 30.3 Å². The Morgan fingerprint density at radius 3 is 2.27 bits per heavy atom.